The van der Waals surface area contributed by atoms with Crippen molar-refractivity contribution >= 4 is 31.9 Å². The highest BCUT2D eigenvalue weighted by Crippen LogP contribution is 2.24. The Balaban J connectivity index is 2.20. The van der Waals surface area contributed by atoms with Gasteiger partial charge in [0, 0.05) is 28.8 Å². The van der Waals surface area contributed by atoms with Crippen molar-refractivity contribution in [3.8, 4) is 0 Å². The number of halogens is 3. The second-order valence-corrected chi connectivity index (χ2v) is 6.62. The highest BCUT2D eigenvalue weighted by atomic mass is 79.9. The van der Waals surface area contributed by atoms with E-state index in [9.17, 15) is 4.39 Å². The predicted octanol–water partition coefficient (Wildman–Crippen LogP) is 5.03. The van der Waals surface area contributed by atoms with Crippen LogP contribution in [0.3, 0.4) is 0 Å². The quantitative estimate of drug-likeness (QED) is 0.715. The second kappa shape index (κ2) is 8.01. The normalized spacial score (nSPS) is 12.4. The van der Waals surface area contributed by atoms with Crippen LogP contribution in [0.2, 0.25) is 0 Å². The number of benzene rings is 1. The first-order valence-corrected chi connectivity index (χ1v) is 8.47. The summed E-state index contributed by atoms with van der Waals surface area (Å²) >= 11 is 6.64. The number of nitrogens with one attached hydrogen (secondary N) is 1. The molecule has 1 unspecified atom stereocenters. The molecule has 0 saturated heterocycles. The van der Waals surface area contributed by atoms with Gasteiger partial charge in [-0.25, -0.2) is 4.39 Å². The van der Waals surface area contributed by atoms with Gasteiger partial charge in [0.1, 0.15) is 5.82 Å². The van der Waals surface area contributed by atoms with Crippen LogP contribution in [0.25, 0.3) is 0 Å². The van der Waals surface area contributed by atoms with Gasteiger partial charge in [-0.05, 0) is 74.7 Å². The summed E-state index contributed by atoms with van der Waals surface area (Å²) in [4.78, 5) is 4.42. The van der Waals surface area contributed by atoms with E-state index in [2.05, 4.69) is 49.1 Å². The van der Waals surface area contributed by atoms with Crippen LogP contribution in [0.1, 0.15) is 30.6 Å². The summed E-state index contributed by atoms with van der Waals surface area (Å²) in [6, 6.07) is 9.27. The number of rotatable bonds is 6. The molecule has 2 aromatic rings. The van der Waals surface area contributed by atoms with Gasteiger partial charge in [-0.2, -0.15) is 0 Å². The maximum atomic E-state index is 13.4. The number of nitrogens with zero attached hydrogens (tertiary/aromatic N) is 1. The SMILES string of the molecule is CCCNC(Cc1ccc(Br)cn1)c1ccc(F)c(Br)c1. The predicted molar refractivity (Wildman–Crippen MR) is 90.8 cm³/mol. The minimum absolute atomic E-state index is 0.121. The lowest BCUT2D eigenvalue weighted by Crippen LogP contribution is -2.24. The van der Waals surface area contributed by atoms with Crippen LogP contribution >= 0.6 is 31.9 Å². The molecule has 0 radical (unpaired) electrons. The molecule has 0 aliphatic heterocycles. The molecule has 5 heteroatoms. The van der Waals surface area contributed by atoms with E-state index in [4.69, 9.17) is 0 Å². The van der Waals surface area contributed by atoms with Gasteiger partial charge >= 0.3 is 0 Å². The Bertz CT molecular complexity index is 587. The van der Waals surface area contributed by atoms with E-state index < -0.39 is 0 Å². The van der Waals surface area contributed by atoms with Gasteiger partial charge in [-0.1, -0.05) is 13.0 Å². The molecule has 2 nitrogen and oxygen atoms in total. The third-order valence-corrected chi connectivity index (χ3v) is 4.27. The Labute approximate surface area is 141 Å². The van der Waals surface area contributed by atoms with Gasteiger partial charge in [-0.15, -0.1) is 0 Å². The van der Waals surface area contributed by atoms with Crippen molar-refractivity contribution < 1.29 is 4.39 Å². The van der Waals surface area contributed by atoms with Crippen LogP contribution < -0.4 is 5.32 Å². The molecule has 1 aromatic heterocycles. The van der Waals surface area contributed by atoms with Gasteiger partial charge in [0.05, 0.1) is 4.47 Å². The fraction of sp³-hybridized carbons (Fsp3) is 0.312. The zero-order chi connectivity index (χ0) is 15.2. The summed E-state index contributed by atoms with van der Waals surface area (Å²) in [6.45, 7) is 3.04. The van der Waals surface area contributed by atoms with E-state index in [1.54, 1.807) is 6.20 Å². The molecule has 1 aromatic carbocycles. The van der Waals surface area contributed by atoms with Crippen molar-refractivity contribution in [1.29, 1.82) is 0 Å². The molecule has 1 heterocycles. The monoisotopic (exact) mass is 414 g/mol. The standard InChI is InChI=1S/C16H17Br2FN2/c1-2-7-20-16(9-13-5-4-12(17)10-21-13)11-3-6-15(19)14(18)8-11/h3-6,8,10,16,20H,2,7,9H2,1H3. The van der Waals surface area contributed by atoms with E-state index in [0.717, 1.165) is 35.1 Å². The highest BCUT2D eigenvalue weighted by Gasteiger charge is 2.14. The molecule has 2 rings (SSSR count). The summed E-state index contributed by atoms with van der Waals surface area (Å²) in [5.74, 6) is -0.241. The Morgan fingerprint density at radius 3 is 2.67 bits per heavy atom. The molecule has 1 atom stereocenters. The Hall–Kier alpha value is -0.780. The number of hydrogen-bond donors (Lipinski definition) is 1. The molecule has 0 aliphatic rings. The number of aromatic nitrogens is 1. The smallest absolute Gasteiger partial charge is 0.137 e. The first-order chi connectivity index (χ1) is 10.1. The second-order valence-electron chi connectivity index (χ2n) is 4.85. The van der Waals surface area contributed by atoms with Crippen molar-refractivity contribution in [2.45, 2.75) is 25.8 Å². The third kappa shape index (κ3) is 4.87. The largest absolute Gasteiger partial charge is 0.310 e. The minimum Gasteiger partial charge on any atom is -0.310 e. The van der Waals surface area contributed by atoms with Gasteiger partial charge in [-0.3, -0.25) is 4.98 Å². The van der Waals surface area contributed by atoms with Crippen molar-refractivity contribution in [3.05, 3.63) is 62.5 Å². The summed E-state index contributed by atoms with van der Waals surface area (Å²) in [7, 11) is 0. The van der Waals surface area contributed by atoms with Crippen LogP contribution in [-0.4, -0.2) is 11.5 Å². The van der Waals surface area contributed by atoms with Gasteiger partial charge in [0.2, 0.25) is 0 Å². The summed E-state index contributed by atoms with van der Waals surface area (Å²) in [5, 5.41) is 3.50. The van der Waals surface area contributed by atoms with E-state index >= 15 is 0 Å². The Kier molecular flexibility index (Phi) is 6.33. The molecular weight excluding hydrogens is 399 g/mol. The summed E-state index contributed by atoms with van der Waals surface area (Å²) in [6.07, 6.45) is 3.62. The lowest BCUT2D eigenvalue weighted by atomic mass is 10.0. The zero-order valence-corrected chi connectivity index (χ0v) is 14.9. The first kappa shape index (κ1) is 16.6. The number of hydrogen-bond acceptors (Lipinski definition) is 2. The zero-order valence-electron chi connectivity index (χ0n) is 11.7. The topological polar surface area (TPSA) is 24.9 Å². The molecule has 0 saturated carbocycles. The van der Waals surface area contributed by atoms with Crippen molar-refractivity contribution in [2.24, 2.45) is 0 Å². The van der Waals surface area contributed by atoms with Crippen LogP contribution in [0.15, 0.2) is 45.5 Å². The van der Waals surface area contributed by atoms with Crippen molar-refractivity contribution in [3.63, 3.8) is 0 Å². The summed E-state index contributed by atoms with van der Waals surface area (Å²) in [5.41, 5.74) is 2.06. The minimum atomic E-state index is -0.241. The van der Waals surface area contributed by atoms with Crippen molar-refractivity contribution in [1.82, 2.24) is 10.3 Å². The molecule has 0 fully saturated rings. The fourth-order valence-electron chi connectivity index (χ4n) is 2.09. The average Bonchev–Trinajstić information content (AvgIpc) is 2.48. The molecule has 21 heavy (non-hydrogen) atoms. The number of pyridine rings is 1. The molecular formula is C16H17Br2FN2. The maximum absolute atomic E-state index is 13.4. The lowest BCUT2D eigenvalue weighted by Gasteiger charge is -2.19. The van der Waals surface area contributed by atoms with E-state index in [1.165, 1.54) is 6.07 Å². The van der Waals surface area contributed by atoms with Crippen LogP contribution in [0.5, 0.6) is 0 Å². The highest BCUT2D eigenvalue weighted by molar-refractivity contribution is 9.10. The molecule has 0 bridgehead atoms. The van der Waals surface area contributed by atoms with Crippen LogP contribution in [-0.2, 0) is 6.42 Å². The first-order valence-electron chi connectivity index (χ1n) is 6.89. The third-order valence-electron chi connectivity index (χ3n) is 3.19. The van der Waals surface area contributed by atoms with E-state index in [1.807, 2.05) is 24.3 Å². The Morgan fingerprint density at radius 1 is 1.24 bits per heavy atom. The Morgan fingerprint density at radius 2 is 2.05 bits per heavy atom. The summed E-state index contributed by atoms with van der Waals surface area (Å²) < 4.78 is 14.9. The average molecular weight is 416 g/mol. The van der Waals surface area contributed by atoms with Gasteiger partial charge in [0.25, 0.3) is 0 Å². The van der Waals surface area contributed by atoms with Crippen LogP contribution in [0, 0.1) is 5.82 Å². The molecule has 112 valence electrons. The molecule has 1 N–H and O–H groups in total. The van der Waals surface area contributed by atoms with Gasteiger partial charge in [0.15, 0.2) is 0 Å². The van der Waals surface area contributed by atoms with Gasteiger partial charge < -0.3 is 5.32 Å². The van der Waals surface area contributed by atoms with Crippen molar-refractivity contribution in [2.75, 3.05) is 6.54 Å². The molecule has 0 aliphatic carbocycles. The molecule has 0 spiro atoms. The molecule has 0 amide bonds. The fourth-order valence-corrected chi connectivity index (χ4v) is 2.72. The van der Waals surface area contributed by atoms with Crippen LogP contribution in [0.4, 0.5) is 4.39 Å². The van der Waals surface area contributed by atoms with E-state index in [-0.39, 0.29) is 11.9 Å². The lowest BCUT2D eigenvalue weighted by molar-refractivity contribution is 0.522. The maximum Gasteiger partial charge on any atom is 0.137 e. The van der Waals surface area contributed by atoms with E-state index in [0.29, 0.717) is 4.47 Å².